The Morgan fingerprint density at radius 3 is 2.05 bits per heavy atom. The van der Waals surface area contributed by atoms with Gasteiger partial charge >= 0.3 is 0 Å². The summed E-state index contributed by atoms with van der Waals surface area (Å²) in [4.78, 5) is 12.8. The van der Waals surface area contributed by atoms with Gasteiger partial charge in [-0.05, 0) is 12.1 Å². The first kappa shape index (κ1) is 12.9. The summed E-state index contributed by atoms with van der Waals surface area (Å²) in [6.45, 7) is 0. The van der Waals surface area contributed by atoms with Crippen molar-refractivity contribution in [3.8, 4) is 22.8 Å². The predicted octanol–water partition coefficient (Wildman–Crippen LogP) is 1.95. The van der Waals surface area contributed by atoms with Crippen LogP contribution < -0.4 is 17.2 Å². The van der Waals surface area contributed by atoms with Crippen LogP contribution in [0.5, 0.6) is 0 Å². The fourth-order valence-electron chi connectivity index (χ4n) is 2.11. The molecule has 6 nitrogen and oxygen atoms in total. The average Bonchev–Trinajstić information content (AvgIpc) is 2.47. The number of nitrogens with two attached hydrogens (primary N) is 3. The summed E-state index contributed by atoms with van der Waals surface area (Å²) in [6, 6.07) is 12.9. The summed E-state index contributed by atoms with van der Waals surface area (Å²) in [6.07, 6.45) is 1.44. The smallest absolute Gasteiger partial charge is 0.167 e. The minimum absolute atomic E-state index is 0.429. The summed E-state index contributed by atoms with van der Waals surface area (Å²) in [5.41, 5.74) is 20.5. The molecule has 0 radical (unpaired) electrons. The summed E-state index contributed by atoms with van der Waals surface area (Å²) in [7, 11) is 0. The SMILES string of the molecule is Nc1cc(N)c(-c2ncnc(-c3ccccc3)n2)c(N)c1. The van der Waals surface area contributed by atoms with Crippen LogP contribution in [0.4, 0.5) is 17.1 Å². The van der Waals surface area contributed by atoms with Crippen molar-refractivity contribution in [2.75, 3.05) is 17.2 Å². The van der Waals surface area contributed by atoms with Crippen molar-refractivity contribution in [1.82, 2.24) is 15.0 Å². The zero-order valence-corrected chi connectivity index (χ0v) is 11.2. The first-order chi connectivity index (χ1) is 10.1. The maximum absolute atomic E-state index is 5.98. The number of benzene rings is 2. The van der Waals surface area contributed by atoms with Gasteiger partial charge in [-0.1, -0.05) is 30.3 Å². The number of hydrogen-bond donors (Lipinski definition) is 3. The fraction of sp³-hybridized carbons (Fsp3) is 0. The Hall–Kier alpha value is -3.15. The van der Waals surface area contributed by atoms with E-state index in [1.165, 1.54) is 6.33 Å². The van der Waals surface area contributed by atoms with Crippen LogP contribution >= 0.6 is 0 Å². The van der Waals surface area contributed by atoms with Crippen molar-refractivity contribution < 1.29 is 0 Å². The van der Waals surface area contributed by atoms with Crippen LogP contribution in [-0.4, -0.2) is 15.0 Å². The van der Waals surface area contributed by atoms with Gasteiger partial charge in [-0.25, -0.2) is 15.0 Å². The molecule has 0 aliphatic carbocycles. The summed E-state index contributed by atoms with van der Waals surface area (Å²) in [5.74, 6) is 0.995. The number of anilines is 3. The molecule has 6 heteroatoms. The standard InChI is InChI=1S/C15H14N6/c16-10-6-11(17)13(12(18)7-10)15-20-8-19-14(21-15)9-4-2-1-3-5-9/h1-8H,16-18H2. The number of nitrogen functional groups attached to an aromatic ring is 3. The van der Waals surface area contributed by atoms with Gasteiger partial charge in [-0.2, -0.15) is 0 Å². The van der Waals surface area contributed by atoms with Gasteiger partial charge in [0, 0.05) is 22.6 Å². The van der Waals surface area contributed by atoms with Crippen molar-refractivity contribution in [2.45, 2.75) is 0 Å². The van der Waals surface area contributed by atoms with Crippen molar-refractivity contribution in [3.63, 3.8) is 0 Å². The summed E-state index contributed by atoms with van der Waals surface area (Å²) >= 11 is 0. The number of nitrogens with zero attached hydrogens (tertiary/aromatic N) is 3. The lowest BCUT2D eigenvalue weighted by molar-refractivity contribution is 1.07. The van der Waals surface area contributed by atoms with E-state index in [0.29, 0.717) is 34.3 Å². The van der Waals surface area contributed by atoms with Gasteiger partial charge in [-0.15, -0.1) is 0 Å². The molecule has 2 aromatic carbocycles. The van der Waals surface area contributed by atoms with Gasteiger partial charge in [0.25, 0.3) is 0 Å². The topological polar surface area (TPSA) is 117 Å². The summed E-state index contributed by atoms with van der Waals surface area (Å²) < 4.78 is 0. The first-order valence-electron chi connectivity index (χ1n) is 6.34. The molecular formula is C15H14N6. The summed E-state index contributed by atoms with van der Waals surface area (Å²) in [5, 5.41) is 0. The molecule has 0 saturated heterocycles. The highest BCUT2D eigenvalue weighted by molar-refractivity contribution is 5.86. The minimum atomic E-state index is 0.429. The Morgan fingerprint density at radius 2 is 1.38 bits per heavy atom. The molecule has 0 atom stereocenters. The van der Waals surface area contributed by atoms with Gasteiger partial charge in [0.15, 0.2) is 11.6 Å². The van der Waals surface area contributed by atoms with Crippen molar-refractivity contribution >= 4 is 17.1 Å². The lowest BCUT2D eigenvalue weighted by Crippen LogP contribution is -2.03. The quantitative estimate of drug-likeness (QED) is 0.617. The molecule has 0 aliphatic rings. The van der Waals surface area contributed by atoms with E-state index in [2.05, 4.69) is 15.0 Å². The van der Waals surface area contributed by atoms with E-state index in [1.807, 2.05) is 30.3 Å². The maximum Gasteiger partial charge on any atom is 0.167 e. The second kappa shape index (κ2) is 5.09. The highest BCUT2D eigenvalue weighted by atomic mass is 15.0. The Labute approximate surface area is 121 Å². The van der Waals surface area contributed by atoms with Gasteiger partial charge < -0.3 is 17.2 Å². The first-order valence-corrected chi connectivity index (χ1v) is 6.34. The molecule has 0 aliphatic heterocycles. The van der Waals surface area contributed by atoms with Crippen LogP contribution in [0.3, 0.4) is 0 Å². The van der Waals surface area contributed by atoms with Gasteiger partial charge in [0.1, 0.15) is 6.33 Å². The monoisotopic (exact) mass is 278 g/mol. The molecule has 3 aromatic rings. The Morgan fingerprint density at radius 1 is 0.762 bits per heavy atom. The van der Waals surface area contributed by atoms with E-state index in [9.17, 15) is 0 Å². The second-order valence-corrected chi connectivity index (χ2v) is 4.57. The number of hydrogen-bond acceptors (Lipinski definition) is 6. The Balaban J connectivity index is 2.13. The van der Waals surface area contributed by atoms with E-state index in [-0.39, 0.29) is 0 Å². The van der Waals surface area contributed by atoms with Crippen LogP contribution in [0.15, 0.2) is 48.8 Å². The zero-order valence-electron chi connectivity index (χ0n) is 11.2. The predicted molar refractivity (Wildman–Crippen MR) is 83.9 cm³/mol. The highest BCUT2D eigenvalue weighted by Gasteiger charge is 2.12. The third-order valence-corrected chi connectivity index (χ3v) is 3.05. The average molecular weight is 278 g/mol. The van der Waals surface area contributed by atoms with E-state index in [4.69, 9.17) is 17.2 Å². The maximum atomic E-state index is 5.98. The molecule has 104 valence electrons. The van der Waals surface area contributed by atoms with Crippen LogP contribution in [0, 0.1) is 0 Å². The van der Waals surface area contributed by atoms with Crippen LogP contribution in [-0.2, 0) is 0 Å². The normalized spacial score (nSPS) is 10.5. The van der Waals surface area contributed by atoms with Crippen LogP contribution in [0.25, 0.3) is 22.8 Å². The molecular weight excluding hydrogens is 264 g/mol. The molecule has 1 heterocycles. The van der Waals surface area contributed by atoms with E-state index in [0.717, 1.165) is 5.56 Å². The third kappa shape index (κ3) is 2.46. The lowest BCUT2D eigenvalue weighted by Gasteiger charge is -2.10. The lowest BCUT2D eigenvalue weighted by atomic mass is 10.1. The van der Waals surface area contributed by atoms with Gasteiger partial charge in [0.2, 0.25) is 0 Å². The Bertz CT molecular complexity index is 762. The molecule has 0 saturated carbocycles. The molecule has 6 N–H and O–H groups in total. The van der Waals surface area contributed by atoms with E-state index < -0.39 is 0 Å². The van der Waals surface area contributed by atoms with Crippen LogP contribution in [0.2, 0.25) is 0 Å². The number of aromatic nitrogens is 3. The van der Waals surface area contributed by atoms with E-state index >= 15 is 0 Å². The van der Waals surface area contributed by atoms with Crippen molar-refractivity contribution in [2.24, 2.45) is 0 Å². The van der Waals surface area contributed by atoms with Gasteiger partial charge in [0.05, 0.1) is 5.56 Å². The molecule has 0 bridgehead atoms. The number of rotatable bonds is 2. The Kier molecular flexibility index (Phi) is 3.12. The molecule has 0 amide bonds. The fourth-order valence-corrected chi connectivity index (χ4v) is 2.11. The molecule has 0 unspecified atom stereocenters. The molecule has 21 heavy (non-hydrogen) atoms. The zero-order chi connectivity index (χ0) is 14.8. The van der Waals surface area contributed by atoms with Crippen LogP contribution in [0.1, 0.15) is 0 Å². The molecule has 3 rings (SSSR count). The third-order valence-electron chi connectivity index (χ3n) is 3.05. The highest BCUT2D eigenvalue weighted by Crippen LogP contribution is 2.32. The van der Waals surface area contributed by atoms with Crippen molar-refractivity contribution in [3.05, 3.63) is 48.8 Å². The second-order valence-electron chi connectivity index (χ2n) is 4.57. The van der Waals surface area contributed by atoms with E-state index in [1.54, 1.807) is 12.1 Å². The molecule has 1 aromatic heterocycles. The largest absolute Gasteiger partial charge is 0.399 e. The van der Waals surface area contributed by atoms with Gasteiger partial charge in [-0.3, -0.25) is 0 Å². The molecule has 0 spiro atoms. The van der Waals surface area contributed by atoms with Crippen molar-refractivity contribution in [1.29, 1.82) is 0 Å². The molecule has 0 fully saturated rings. The minimum Gasteiger partial charge on any atom is -0.399 e.